The van der Waals surface area contributed by atoms with Crippen LogP contribution in [-0.4, -0.2) is 27.2 Å². The first-order chi connectivity index (χ1) is 9.78. The number of alkyl halides is 1. The van der Waals surface area contributed by atoms with Crippen LogP contribution in [0.5, 0.6) is 0 Å². The van der Waals surface area contributed by atoms with Crippen LogP contribution in [0.4, 0.5) is 0 Å². The van der Waals surface area contributed by atoms with Crippen molar-refractivity contribution in [2.24, 2.45) is 0 Å². The Morgan fingerprint density at radius 1 is 1.30 bits per heavy atom. The Labute approximate surface area is 124 Å². The summed E-state index contributed by atoms with van der Waals surface area (Å²) in [7, 11) is 0. The number of halogens is 1. The third-order valence-corrected chi connectivity index (χ3v) is 4.14. The van der Waals surface area contributed by atoms with Crippen LogP contribution in [0.1, 0.15) is 37.2 Å². The van der Waals surface area contributed by atoms with Gasteiger partial charge in [-0.2, -0.15) is 0 Å². The van der Waals surface area contributed by atoms with E-state index in [4.69, 9.17) is 16.3 Å². The molecule has 0 atom stereocenters. The number of imidazole rings is 1. The van der Waals surface area contributed by atoms with Gasteiger partial charge in [0.25, 0.3) is 0 Å². The molecule has 0 spiro atoms. The number of hydrogen-bond donors (Lipinski definition) is 0. The van der Waals surface area contributed by atoms with E-state index in [2.05, 4.69) is 14.5 Å². The maximum atomic E-state index is 6.00. The molecule has 1 aliphatic carbocycles. The van der Waals surface area contributed by atoms with E-state index in [-0.39, 0.29) is 0 Å². The van der Waals surface area contributed by atoms with Crippen LogP contribution < -0.4 is 0 Å². The van der Waals surface area contributed by atoms with Crippen molar-refractivity contribution >= 4 is 22.8 Å². The van der Waals surface area contributed by atoms with Crippen molar-refractivity contribution in [2.45, 2.75) is 51.1 Å². The highest BCUT2D eigenvalue weighted by atomic mass is 35.5. The second-order valence-electron chi connectivity index (χ2n) is 5.39. The van der Waals surface area contributed by atoms with Crippen LogP contribution in [0, 0.1) is 6.92 Å². The first kappa shape index (κ1) is 13.8. The third kappa shape index (κ3) is 2.81. The standard InChI is InChI=1S/C15H20ClN3O/c1-11-6-7-13-15(17-11)19(14(10-16)18-13)8-9-20-12-4-2-3-5-12/h6-7,12H,2-5,8-10H2,1H3. The van der Waals surface area contributed by atoms with E-state index in [0.29, 0.717) is 18.6 Å². The normalized spacial score (nSPS) is 16.3. The minimum atomic E-state index is 0.402. The fourth-order valence-electron chi connectivity index (χ4n) is 2.85. The van der Waals surface area contributed by atoms with Gasteiger partial charge in [0.1, 0.15) is 11.3 Å². The molecule has 2 aromatic heterocycles. The monoisotopic (exact) mass is 293 g/mol. The molecule has 1 saturated carbocycles. The van der Waals surface area contributed by atoms with E-state index in [1.54, 1.807) is 0 Å². The van der Waals surface area contributed by atoms with Crippen molar-refractivity contribution in [1.29, 1.82) is 0 Å². The van der Waals surface area contributed by atoms with Crippen molar-refractivity contribution in [3.05, 3.63) is 23.7 Å². The molecule has 0 amide bonds. The minimum Gasteiger partial charge on any atom is -0.376 e. The van der Waals surface area contributed by atoms with Gasteiger partial charge in [0.05, 0.1) is 18.6 Å². The minimum absolute atomic E-state index is 0.402. The van der Waals surface area contributed by atoms with Crippen LogP contribution >= 0.6 is 11.6 Å². The number of aromatic nitrogens is 3. The molecule has 0 radical (unpaired) electrons. The molecule has 2 aromatic rings. The highest BCUT2D eigenvalue weighted by Gasteiger charge is 2.16. The second-order valence-corrected chi connectivity index (χ2v) is 5.65. The topological polar surface area (TPSA) is 39.9 Å². The summed E-state index contributed by atoms with van der Waals surface area (Å²) in [6, 6.07) is 3.98. The van der Waals surface area contributed by atoms with E-state index in [1.807, 2.05) is 19.1 Å². The highest BCUT2D eigenvalue weighted by Crippen LogP contribution is 2.21. The molecule has 3 rings (SSSR count). The average molecular weight is 294 g/mol. The predicted molar refractivity (Wildman–Crippen MR) is 80.0 cm³/mol. The molecule has 0 aromatic carbocycles. The molecular formula is C15H20ClN3O. The summed E-state index contributed by atoms with van der Waals surface area (Å²) in [5, 5.41) is 0. The van der Waals surface area contributed by atoms with Crippen LogP contribution in [-0.2, 0) is 17.2 Å². The zero-order valence-electron chi connectivity index (χ0n) is 11.8. The zero-order valence-corrected chi connectivity index (χ0v) is 12.6. The summed E-state index contributed by atoms with van der Waals surface area (Å²) >= 11 is 6.00. The summed E-state index contributed by atoms with van der Waals surface area (Å²) in [6.07, 6.45) is 5.44. The maximum Gasteiger partial charge on any atom is 0.160 e. The number of aryl methyl sites for hydroxylation is 1. The fourth-order valence-corrected chi connectivity index (χ4v) is 3.05. The largest absolute Gasteiger partial charge is 0.376 e. The van der Waals surface area contributed by atoms with E-state index in [0.717, 1.165) is 29.2 Å². The Bertz CT molecular complexity index is 590. The maximum absolute atomic E-state index is 6.00. The van der Waals surface area contributed by atoms with Crippen LogP contribution in [0.3, 0.4) is 0 Å². The van der Waals surface area contributed by atoms with Crippen molar-refractivity contribution in [3.63, 3.8) is 0 Å². The molecule has 0 unspecified atom stereocenters. The molecule has 1 fully saturated rings. The lowest BCUT2D eigenvalue weighted by molar-refractivity contribution is 0.0531. The van der Waals surface area contributed by atoms with E-state index >= 15 is 0 Å². The number of pyridine rings is 1. The molecule has 5 heteroatoms. The SMILES string of the molecule is Cc1ccc2nc(CCl)n(CCOC3CCCC3)c2n1. The molecule has 4 nitrogen and oxygen atoms in total. The molecule has 0 aliphatic heterocycles. The van der Waals surface area contributed by atoms with Gasteiger partial charge in [-0.3, -0.25) is 0 Å². The van der Waals surface area contributed by atoms with E-state index in [1.165, 1.54) is 25.7 Å². The van der Waals surface area contributed by atoms with Gasteiger partial charge in [0.2, 0.25) is 0 Å². The number of nitrogens with zero attached hydrogens (tertiary/aromatic N) is 3. The molecule has 0 bridgehead atoms. The van der Waals surface area contributed by atoms with Crippen molar-refractivity contribution < 1.29 is 4.74 Å². The molecular weight excluding hydrogens is 274 g/mol. The number of rotatable bonds is 5. The number of fused-ring (bicyclic) bond motifs is 1. The van der Waals surface area contributed by atoms with Crippen LogP contribution in [0.25, 0.3) is 11.2 Å². The van der Waals surface area contributed by atoms with Gasteiger partial charge < -0.3 is 9.30 Å². The van der Waals surface area contributed by atoms with Gasteiger partial charge in [0, 0.05) is 12.2 Å². The first-order valence-electron chi connectivity index (χ1n) is 7.28. The Morgan fingerprint density at radius 2 is 2.10 bits per heavy atom. The van der Waals surface area contributed by atoms with Crippen molar-refractivity contribution in [3.8, 4) is 0 Å². The van der Waals surface area contributed by atoms with Gasteiger partial charge in [-0.05, 0) is 31.9 Å². The van der Waals surface area contributed by atoms with Gasteiger partial charge >= 0.3 is 0 Å². The number of hydrogen-bond acceptors (Lipinski definition) is 3. The summed E-state index contributed by atoms with van der Waals surface area (Å²) in [4.78, 5) is 9.12. The molecule has 0 saturated heterocycles. The highest BCUT2D eigenvalue weighted by molar-refractivity contribution is 6.16. The van der Waals surface area contributed by atoms with Gasteiger partial charge in [-0.15, -0.1) is 11.6 Å². The van der Waals surface area contributed by atoms with Crippen molar-refractivity contribution in [1.82, 2.24) is 14.5 Å². The smallest absolute Gasteiger partial charge is 0.160 e. The summed E-state index contributed by atoms with van der Waals surface area (Å²) < 4.78 is 8.02. The second kappa shape index (κ2) is 6.10. The zero-order chi connectivity index (χ0) is 13.9. The van der Waals surface area contributed by atoms with Gasteiger partial charge in [-0.1, -0.05) is 12.8 Å². The first-order valence-corrected chi connectivity index (χ1v) is 7.81. The quantitative estimate of drug-likeness (QED) is 0.793. The van der Waals surface area contributed by atoms with E-state index in [9.17, 15) is 0 Å². The third-order valence-electron chi connectivity index (χ3n) is 3.90. The van der Waals surface area contributed by atoms with Crippen molar-refractivity contribution in [2.75, 3.05) is 6.61 Å². The molecule has 20 heavy (non-hydrogen) atoms. The number of ether oxygens (including phenoxy) is 1. The summed E-state index contributed by atoms with van der Waals surface area (Å²) in [5.74, 6) is 1.27. The molecule has 1 aliphatic rings. The fraction of sp³-hybridized carbons (Fsp3) is 0.600. The van der Waals surface area contributed by atoms with Crippen LogP contribution in [0.2, 0.25) is 0 Å². The Morgan fingerprint density at radius 3 is 2.85 bits per heavy atom. The van der Waals surface area contributed by atoms with Gasteiger partial charge in [0.15, 0.2) is 5.65 Å². The van der Waals surface area contributed by atoms with Crippen LogP contribution in [0.15, 0.2) is 12.1 Å². The average Bonchev–Trinajstić information content (AvgIpc) is 3.07. The Balaban J connectivity index is 1.76. The van der Waals surface area contributed by atoms with E-state index < -0.39 is 0 Å². The Hall–Kier alpha value is -1.13. The molecule has 2 heterocycles. The molecule has 0 N–H and O–H groups in total. The Kier molecular flexibility index (Phi) is 4.22. The lowest BCUT2D eigenvalue weighted by Crippen LogP contribution is -2.14. The lowest BCUT2D eigenvalue weighted by atomic mass is 10.3. The summed E-state index contributed by atoms with van der Waals surface area (Å²) in [6.45, 7) is 3.47. The lowest BCUT2D eigenvalue weighted by Gasteiger charge is -2.12. The predicted octanol–water partition coefficient (Wildman–Crippen LogP) is 3.44. The molecule has 108 valence electrons. The summed E-state index contributed by atoms with van der Waals surface area (Å²) in [5.41, 5.74) is 2.82. The van der Waals surface area contributed by atoms with Gasteiger partial charge in [-0.25, -0.2) is 9.97 Å².